The molecule has 1 aromatic carbocycles. The number of nitrogens with zero attached hydrogens (tertiary/aromatic N) is 2. The van der Waals surface area contributed by atoms with Gasteiger partial charge in [-0.15, -0.1) is 0 Å². The smallest absolute Gasteiger partial charge is 0.228 e. The van der Waals surface area contributed by atoms with Crippen molar-refractivity contribution in [3.8, 4) is 0 Å². The Kier molecular flexibility index (Phi) is 5.37. The molecule has 0 bridgehead atoms. The van der Waals surface area contributed by atoms with Crippen LogP contribution >= 0.6 is 0 Å². The van der Waals surface area contributed by atoms with Gasteiger partial charge in [-0.25, -0.2) is 0 Å². The molecular weight excluding hydrogens is 326 g/mol. The summed E-state index contributed by atoms with van der Waals surface area (Å²) in [5, 5.41) is 0. The molecule has 2 amide bonds. The summed E-state index contributed by atoms with van der Waals surface area (Å²) in [5.41, 5.74) is 8.03. The highest BCUT2D eigenvalue weighted by molar-refractivity contribution is 6.01. The van der Waals surface area contributed by atoms with Crippen LogP contribution in [0.2, 0.25) is 0 Å². The second kappa shape index (κ2) is 7.39. The number of carbonyl (C=O) groups excluding carboxylic acids is 2. The largest absolute Gasteiger partial charge is 0.342 e. The predicted octanol–water partition coefficient (Wildman–Crippen LogP) is 2.75. The Morgan fingerprint density at radius 3 is 2.77 bits per heavy atom. The van der Waals surface area contributed by atoms with Crippen LogP contribution in [0.1, 0.15) is 51.5 Å². The molecule has 2 heterocycles. The van der Waals surface area contributed by atoms with E-state index in [4.69, 9.17) is 5.73 Å². The van der Waals surface area contributed by atoms with E-state index in [1.54, 1.807) is 0 Å². The van der Waals surface area contributed by atoms with Crippen molar-refractivity contribution in [1.82, 2.24) is 4.90 Å². The number of carbonyl (C=O) groups is 2. The number of amides is 2. The van der Waals surface area contributed by atoms with Crippen molar-refractivity contribution in [3.63, 3.8) is 0 Å². The fraction of sp³-hybridized carbons (Fsp3) is 0.619. The number of hydrogen-bond donors (Lipinski definition) is 1. The Morgan fingerprint density at radius 2 is 2.12 bits per heavy atom. The molecule has 5 nitrogen and oxygen atoms in total. The number of anilines is 1. The van der Waals surface area contributed by atoms with Crippen LogP contribution in [0.5, 0.6) is 0 Å². The summed E-state index contributed by atoms with van der Waals surface area (Å²) in [5.74, 6) is 0.309. The second-order valence-corrected chi connectivity index (χ2v) is 8.30. The van der Waals surface area contributed by atoms with Gasteiger partial charge in [-0.2, -0.15) is 0 Å². The standard InChI is InChI=1S/C21H31N3O2/c1-4-15(2)17-7-5-6-8-18(17)24-12-16(11-19(24)25)20(26)23-10-9-21(3,13-22)14-23/h5-8,15-16H,4,9-14,22H2,1-3H3. The minimum absolute atomic E-state index is 0.0150. The Bertz CT molecular complexity index is 690. The van der Waals surface area contributed by atoms with Crippen molar-refractivity contribution < 1.29 is 9.59 Å². The first-order valence-corrected chi connectivity index (χ1v) is 9.76. The monoisotopic (exact) mass is 357 g/mol. The summed E-state index contributed by atoms with van der Waals surface area (Å²) in [4.78, 5) is 29.4. The third-order valence-corrected chi connectivity index (χ3v) is 6.21. The highest BCUT2D eigenvalue weighted by Crippen LogP contribution is 2.35. The van der Waals surface area contributed by atoms with Gasteiger partial charge < -0.3 is 15.5 Å². The molecule has 2 saturated heterocycles. The average Bonchev–Trinajstić information content (AvgIpc) is 3.24. The van der Waals surface area contributed by atoms with Gasteiger partial charge in [0, 0.05) is 31.7 Å². The summed E-state index contributed by atoms with van der Waals surface area (Å²) < 4.78 is 0. The minimum atomic E-state index is -0.243. The number of rotatable bonds is 5. The quantitative estimate of drug-likeness (QED) is 0.881. The molecule has 2 N–H and O–H groups in total. The predicted molar refractivity (Wildman–Crippen MR) is 104 cm³/mol. The number of benzene rings is 1. The second-order valence-electron chi connectivity index (χ2n) is 8.30. The first-order chi connectivity index (χ1) is 12.4. The zero-order valence-electron chi connectivity index (χ0n) is 16.2. The zero-order chi connectivity index (χ0) is 18.9. The molecule has 0 aromatic heterocycles. The molecule has 3 atom stereocenters. The van der Waals surface area contributed by atoms with E-state index < -0.39 is 0 Å². The molecule has 5 heteroatoms. The SMILES string of the molecule is CCC(C)c1ccccc1N1CC(C(=O)N2CCC(C)(CN)C2)CC1=O. The van der Waals surface area contributed by atoms with Crippen LogP contribution in [0.3, 0.4) is 0 Å². The highest BCUT2D eigenvalue weighted by atomic mass is 16.2. The topological polar surface area (TPSA) is 66.6 Å². The third-order valence-electron chi connectivity index (χ3n) is 6.21. The van der Waals surface area contributed by atoms with Gasteiger partial charge in [0.05, 0.1) is 5.92 Å². The summed E-state index contributed by atoms with van der Waals surface area (Å²) in [6.07, 6.45) is 2.27. The maximum atomic E-state index is 13.0. The fourth-order valence-corrected chi connectivity index (χ4v) is 4.11. The molecule has 3 unspecified atom stereocenters. The van der Waals surface area contributed by atoms with E-state index in [-0.39, 0.29) is 23.1 Å². The average molecular weight is 357 g/mol. The van der Waals surface area contributed by atoms with E-state index in [1.165, 1.54) is 5.56 Å². The van der Waals surface area contributed by atoms with Gasteiger partial charge in [-0.1, -0.05) is 39.0 Å². The Hall–Kier alpha value is -1.88. The van der Waals surface area contributed by atoms with Gasteiger partial charge in [0.2, 0.25) is 11.8 Å². The number of nitrogens with two attached hydrogens (primary N) is 1. The number of hydrogen-bond acceptors (Lipinski definition) is 3. The van der Waals surface area contributed by atoms with Crippen LogP contribution in [-0.2, 0) is 9.59 Å². The van der Waals surface area contributed by atoms with Gasteiger partial charge in [0.15, 0.2) is 0 Å². The summed E-state index contributed by atoms with van der Waals surface area (Å²) in [7, 11) is 0. The lowest BCUT2D eigenvalue weighted by molar-refractivity contribution is -0.135. The molecular formula is C21H31N3O2. The molecule has 2 fully saturated rings. The van der Waals surface area contributed by atoms with Crippen LogP contribution in [0.4, 0.5) is 5.69 Å². The normalized spacial score (nSPS) is 27.2. The van der Waals surface area contributed by atoms with Crippen molar-refractivity contribution in [2.45, 2.75) is 46.0 Å². The zero-order valence-corrected chi connectivity index (χ0v) is 16.2. The molecule has 0 saturated carbocycles. The fourth-order valence-electron chi connectivity index (χ4n) is 4.11. The van der Waals surface area contributed by atoms with E-state index in [9.17, 15) is 9.59 Å². The lowest BCUT2D eigenvalue weighted by atomic mass is 9.90. The van der Waals surface area contributed by atoms with Crippen molar-refractivity contribution >= 4 is 17.5 Å². The van der Waals surface area contributed by atoms with Crippen LogP contribution in [0.15, 0.2) is 24.3 Å². The van der Waals surface area contributed by atoms with Crippen molar-refractivity contribution in [3.05, 3.63) is 29.8 Å². The van der Waals surface area contributed by atoms with E-state index in [1.807, 2.05) is 28.0 Å². The minimum Gasteiger partial charge on any atom is -0.342 e. The van der Waals surface area contributed by atoms with Crippen molar-refractivity contribution in [2.24, 2.45) is 17.1 Å². The van der Waals surface area contributed by atoms with Crippen LogP contribution in [0, 0.1) is 11.3 Å². The molecule has 3 rings (SSSR count). The number of likely N-dealkylation sites (tertiary alicyclic amines) is 1. The molecule has 0 aliphatic carbocycles. The Morgan fingerprint density at radius 1 is 1.38 bits per heavy atom. The lowest BCUT2D eigenvalue weighted by Crippen LogP contribution is -2.38. The Labute approximate surface area is 156 Å². The first kappa shape index (κ1) is 18.9. The summed E-state index contributed by atoms with van der Waals surface area (Å²) >= 11 is 0. The number of para-hydroxylation sites is 1. The van der Waals surface area contributed by atoms with Gasteiger partial charge in [-0.05, 0) is 42.3 Å². The lowest BCUT2D eigenvalue weighted by Gasteiger charge is -2.25. The molecule has 2 aliphatic heterocycles. The van der Waals surface area contributed by atoms with E-state index in [2.05, 4.69) is 26.8 Å². The van der Waals surface area contributed by atoms with Crippen LogP contribution in [-0.4, -0.2) is 42.9 Å². The van der Waals surface area contributed by atoms with Gasteiger partial charge >= 0.3 is 0 Å². The van der Waals surface area contributed by atoms with Gasteiger partial charge in [0.25, 0.3) is 0 Å². The summed E-state index contributed by atoms with van der Waals surface area (Å²) in [6, 6.07) is 8.09. The van der Waals surface area contributed by atoms with Gasteiger partial charge in [-0.3, -0.25) is 9.59 Å². The van der Waals surface area contributed by atoms with Crippen molar-refractivity contribution in [1.29, 1.82) is 0 Å². The van der Waals surface area contributed by atoms with Crippen LogP contribution in [0.25, 0.3) is 0 Å². The van der Waals surface area contributed by atoms with Crippen LogP contribution < -0.4 is 10.6 Å². The van der Waals surface area contributed by atoms with E-state index in [0.717, 1.165) is 25.1 Å². The molecule has 142 valence electrons. The van der Waals surface area contributed by atoms with E-state index >= 15 is 0 Å². The van der Waals surface area contributed by atoms with Crippen molar-refractivity contribution in [2.75, 3.05) is 31.1 Å². The maximum Gasteiger partial charge on any atom is 0.228 e. The molecule has 0 spiro atoms. The Balaban J connectivity index is 1.75. The highest BCUT2D eigenvalue weighted by Gasteiger charge is 2.42. The molecule has 26 heavy (non-hydrogen) atoms. The third kappa shape index (κ3) is 3.50. The molecule has 2 aliphatic rings. The van der Waals surface area contributed by atoms with E-state index in [0.29, 0.717) is 32.0 Å². The maximum absolute atomic E-state index is 13.0. The van der Waals surface area contributed by atoms with Gasteiger partial charge in [0.1, 0.15) is 0 Å². The molecule has 1 aromatic rings. The molecule has 0 radical (unpaired) electrons. The first-order valence-electron chi connectivity index (χ1n) is 9.76. The summed E-state index contributed by atoms with van der Waals surface area (Å²) in [6.45, 7) is 9.00.